The fourth-order valence-electron chi connectivity index (χ4n) is 0.746. The van der Waals surface area contributed by atoms with Crippen molar-refractivity contribution in [3.63, 3.8) is 0 Å². The highest BCUT2D eigenvalue weighted by Gasteiger charge is 2.14. The molecule has 4 heteroatoms. The van der Waals surface area contributed by atoms with Gasteiger partial charge in [-0.15, -0.1) is 0 Å². The van der Waals surface area contributed by atoms with Crippen molar-refractivity contribution in [1.29, 1.82) is 0 Å². The zero-order valence-electron chi connectivity index (χ0n) is 6.50. The third-order valence-corrected chi connectivity index (χ3v) is 3.18. The Kier molecular flexibility index (Phi) is 3.89. The zero-order valence-corrected chi connectivity index (χ0v) is 7.32. The van der Waals surface area contributed by atoms with E-state index in [4.69, 9.17) is 0 Å². The van der Waals surface area contributed by atoms with E-state index in [9.17, 15) is 8.42 Å². The van der Waals surface area contributed by atoms with Crippen molar-refractivity contribution < 1.29 is 8.42 Å². The van der Waals surface area contributed by atoms with E-state index < -0.39 is 10.0 Å². The first-order valence-corrected chi connectivity index (χ1v) is 4.96. The molecule has 3 nitrogen and oxygen atoms in total. The van der Waals surface area contributed by atoms with Gasteiger partial charge in [0.2, 0.25) is 10.0 Å². The average Bonchev–Trinajstić information content (AvgIpc) is 1.90. The van der Waals surface area contributed by atoms with Gasteiger partial charge in [-0.1, -0.05) is 13.8 Å². The Bertz CT molecular complexity index is 170. The fraction of sp³-hybridized carbons (Fsp3) is 0.833. The molecule has 0 bridgehead atoms. The summed E-state index contributed by atoms with van der Waals surface area (Å²) in [5.74, 6) is -0.0469. The lowest BCUT2D eigenvalue weighted by Crippen LogP contribution is -2.31. The molecular weight excluding hydrogens is 150 g/mol. The van der Waals surface area contributed by atoms with Crippen LogP contribution in [-0.4, -0.2) is 31.6 Å². The largest absolute Gasteiger partial charge is 0.214 e. The molecule has 61 valence electrons. The molecule has 0 aromatic heterocycles. The highest BCUT2D eigenvalue weighted by Crippen LogP contribution is 1.98. The molecule has 0 unspecified atom stereocenters. The van der Waals surface area contributed by atoms with Gasteiger partial charge in [0, 0.05) is 13.1 Å². The molecule has 0 rings (SSSR count). The zero-order chi connectivity index (χ0) is 8.20. The van der Waals surface area contributed by atoms with Crippen LogP contribution in [0.2, 0.25) is 0 Å². The van der Waals surface area contributed by atoms with E-state index in [0.29, 0.717) is 13.1 Å². The van der Waals surface area contributed by atoms with Gasteiger partial charge in [-0.25, -0.2) is 12.7 Å². The summed E-state index contributed by atoms with van der Waals surface area (Å²) in [7, 11) is -3.04. The summed E-state index contributed by atoms with van der Waals surface area (Å²) in [6, 6.07) is 0. The number of sulfonamides is 1. The molecule has 0 aliphatic carbocycles. The van der Waals surface area contributed by atoms with Gasteiger partial charge in [0.25, 0.3) is 0 Å². The van der Waals surface area contributed by atoms with Crippen LogP contribution in [0.15, 0.2) is 0 Å². The van der Waals surface area contributed by atoms with Crippen molar-refractivity contribution in [2.45, 2.75) is 13.8 Å². The second-order valence-electron chi connectivity index (χ2n) is 1.90. The maximum atomic E-state index is 11.0. The minimum atomic E-state index is -3.04. The van der Waals surface area contributed by atoms with Gasteiger partial charge in [-0.3, -0.25) is 0 Å². The third-order valence-electron chi connectivity index (χ3n) is 1.36. The predicted octanol–water partition coefficient (Wildman–Crippen LogP) is 0.492. The average molecular weight is 164 g/mol. The summed E-state index contributed by atoms with van der Waals surface area (Å²) in [6.45, 7) is 8.05. The Labute approximate surface area is 63.1 Å². The minimum absolute atomic E-state index is 0.0469. The highest BCUT2D eigenvalue weighted by atomic mass is 32.2. The topological polar surface area (TPSA) is 37.4 Å². The first kappa shape index (κ1) is 9.91. The summed E-state index contributed by atoms with van der Waals surface area (Å²) >= 11 is 0. The van der Waals surface area contributed by atoms with Gasteiger partial charge in [0.05, 0.1) is 5.75 Å². The molecule has 0 aromatic carbocycles. The van der Waals surface area contributed by atoms with Gasteiger partial charge >= 0.3 is 0 Å². The van der Waals surface area contributed by atoms with Gasteiger partial charge in [-0.05, 0) is 6.92 Å². The van der Waals surface area contributed by atoms with E-state index in [1.54, 1.807) is 0 Å². The van der Waals surface area contributed by atoms with Crippen LogP contribution in [0.25, 0.3) is 0 Å². The monoisotopic (exact) mass is 164 g/mol. The maximum absolute atomic E-state index is 11.0. The smallest absolute Gasteiger partial charge is 0.212 e. The van der Waals surface area contributed by atoms with E-state index >= 15 is 0 Å². The third kappa shape index (κ3) is 2.27. The van der Waals surface area contributed by atoms with Crippen molar-refractivity contribution in [3.8, 4) is 0 Å². The molecule has 0 heterocycles. The molecule has 0 amide bonds. The molecule has 0 aliphatic rings. The number of rotatable bonds is 4. The standard InChI is InChI=1S/C6H14NO2S/c1-4-7(5-2)10(8,9)6-3/h3-6H2,1-2H3. The van der Waals surface area contributed by atoms with Gasteiger partial charge in [-0.2, -0.15) is 0 Å². The number of nitrogens with zero attached hydrogens (tertiary/aromatic N) is 1. The normalized spacial score (nSPS) is 12.4. The van der Waals surface area contributed by atoms with Gasteiger partial charge in [0.1, 0.15) is 0 Å². The summed E-state index contributed by atoms with van der Waals surface area (Å²) in [5.41, 5.74) is 0. The van der Waals surface area contributed by atoms with Gasteiger partial charge in [0.15, 0.2) is 0 Å². The van der Waals surface area contributed by atoms with Crippen molar-refractivity contribution in [2.75, 3.05) is 18.8 Å². The van der Waals surface area contributed by atoms with E-state index in [-0.39, 0.29) is 5.75 Å². The molecule has 0 aliphatic heterocycles. The summed E-state index contributed by atoms with van der Waals surface area (Å²) in [6.07, 6.45) is 0. The van der Waals surface area contributed by atoms with Crippen LogP contribution >= 0.6 is 0 Å². The minimum Gasteiger partial charge on any atom is -0.212 e. The SMILES string of the molecule is [CH2]CS(=O)(=O)N(CC)CC. The summed E-state index contributed by atoms with van der Waals surface area (Å²) in [5, 5.41) is 0. The molecule has 1 radical (unpaired) electrons. The predicted molar refractivity (Wildman–Crippen MR) is 42.1 cm³/mol. The lowest BCUT2D eigenvalue weighted by atomic mass is 10.7. The Hall–Kier alpha value is -0.0900. The van der Waals surface area contributed by atoms with Crippen LogP contribution in [0.4, 0.5) is 0 Å². The van der Waals surface area contributed by atoms with Crippen LogP contribution in [0.3, 0.4) is 0 Å². The fourth-order valence-corrected chi connectivity index (χ4v) is 1.79. The first-order valence-electron chi connectivity index (χ1n) is 3.35. The molecule has 0 spiro atoms. The Balaban J connectivity index is 4.28. The Morgan fingerprint density at radius 1 is 1.30 bits per heavy atom. The molecule has 0 saturated heterocycles. The highest BCUT2D eigenvalue weighted by molar-refractivity contribution is 7.89. The summed E-state index contributed by atoms with van der Waals surface area (Å²) < 4.78 is 23.5. The molecule has 0 N–H and O–H groups in total. The van der Waals surface area contributed by atoms with E-state index in [0.717, 1.165) is 0 Å². The maximum Gasteiger partial charge on any atom is 0.214 e. The molecule has 0 fully saturated rings. The van der Waals surface area contributed by atoms with Crippen molar-refractivity contribution in [1.82, 2.24) is 4.31 Å². The van der Waals surface area contributed by atoms with Gasteiger partial charge < -0.3 is 0 Å². The molecule has 0 aromatic rings. The van der Waals surface area contributed by atoms with Crippen LogP contribution in [0.1, 0.15) is 13.8 Å². The quantitative estimate of drug-likeness (QED) is 0.606. The van der Waals surface area contributed by atoms with Crippen LogP contribution < -0.4 is 0 Å². The lowest BCUT2D eigenvalue weighted by Gasteiger charge is -2.16. The van der Waals surface area contributed by atoms with Crippen LogP contribution in [0.5, 0.6) is 0 Å². The Morgan fingerprint density at radius 3 is 1.80 bits per heavy atom. The lowest BCUT2D eigenvalue weighted by molar-refractivity contribution is 0.447. The molecular formula is C6H14NO2S. The van der Waals surface area contributed by atoms with Crippen molar-refractivity contribution in [3.05, 3.63) is 6.92 Å². The molecule has 0 atom stereocenters. The van der Waals surface area contributed by atoms with E-state index in [2.05, 4.69) is 6.92 Å². The second kappa shape index (κ2) is 3.93. The molecule has 0 saturated carbocycles. The number of hydrogen-bond acceptors (Lipinski definition) is 2. The summed E-state index contributed by atoms with van der Waals surface area (Å²) in [4.78, 5) is 0. The van der Waals surface area contributed by atoms with Crippen LogP contribution in [-0.2, 0) is 10.0 Å². The van der Waals surface area contributed by atoms with Crippen molar-refractivity contribution >= 4 is 10.0 Å². The first-order chi connectivity index (χ1) is 4.58. The second-order valence-corrected chi connectivity index (χ2v) is 3.99. The number of hydrogen-bond donors (Lipinski definition) is 0. The van der Waals surface area contributed by atoms with E-state index in [1.165, 1.54) is 4.31 Å². The molecule has 10 heavy (non-hydrogen) atoms. The van der Waals surface area contributed by atoms with Crippen LogP contribution in [0, 0.1) is 6.92 Å². The van der Waals surface area contributed by atoms with Crippen molar-refractivity contribution in [2.24, 2.45) is 0 Å². The Morgan fingerprint density at radius 2 is 1.70 bits per heavy atom. The van der Waals surface area contributed by atoms with E-state index in [1.807, 2.05) is 13.8 Å².